The zero-order chi connectivity index (χ0) is 15.7. The summed E-state index contributed by atoms with van der Waals surface area (Å²) in [5, 5.41) is 4.27. The first-order valence-electron chi connectivity index (χ1n) is 6.56. The quantitative estimate of drug-likeness (QED) is 0.436. The largest absolute Gasteiger partial charge is 0.434 e. The zero-order valence-electron chi connectivity index (χ0n) is 11.7. The smallest absolute Gasteiger partial charge is 0.382 e. The minimum Gasteiger partial charge on any atom is -0.382 e. The molecule has 0 saturated carbocycles. The van der Waals surface area contributed by atoms with Crippen LogP contribution in [-0.4, -0.2) is 37.2 Å². The highest BCUT2D eigenvalue weighted by atomic mass is 32.1. The molecule has 1 aromatic rings. The van der Waals surface area contributed by atoms with Gasteiger partial charge in [-0.15, -0.1) is 11.3 Å². The summed E-state index contributed by atoms with van der Waals surface area (Å²) >= 11 is 0.987. The Morgan fingerprint density at radius 2 is 2.29 bits per heavy atom. The molecule has 0 fully saturated rings. The van der Waals surface area contributed by atoms with Crippen molar-refractivity contribution in [2.75, 3.05) is 26.3 Å². The van der Waals surface area contributed by atoms with Crippen molar-refractivity contribution < 1.29 is 17.9 Å². The van der Waals surface area contributed by atoms with E-state index in [-0.39, 0.29) is 5.96 Å². The SMILES string of the molecule is CCOCCCN=C(N)NCCc1nc(C(F)(F)F)cs1. The minimum atomic E-state index is -4.39. The van der Waals surface area contributed by atoms with E-state index < -0.39 is 11.9 Å². The van der Waals surface area contributed by atoms with Gasteiger partial charge >= 0.3 is 6.18 Å². The number of nitrogens with two attached hydrogens (primary N) is 1. The number of nitrogens with zero attached hydrogens (tertiary/aromatic N) is 2. The number of halogens is 3. The second kappa shape index (κ2) is 8.83. The van der Waals surface area contributed by atoms with Gasteiger partial charge in [0.2, 0.25) is 0 Å². The summed E-state index contributed by atoms with van der Waals surface area (Å²) in [6.45, 7) is 4.17. The summed E-state index contributed by atoms with van der Waals surface area (Å²) in [4.78, 5) is 7.61. The summed E-state index contributed by atoms with van der Waals surface area (Å²) in [6.07, 6.45) is -3.24. The minimum absolute atomic E-state index is 0.277. The van der Waals surface area contributed by atoms with Crippen LogP contribution in [0.5, 0.6) is 0 Å². The van der Waals surface area contributed by atoms with E-state index in [1.54, 1.807) is 0 Å². The standard InChI is InChI=1S/C12H19F3N4OS/c1-2-20-7-3-5-17-11(16)18-6-4-10-19-9(8-21-10)12(13,14)15/h8H,2-7H2,1H3,(H3,16,17,18). The van der Waals surface area contributed by atoms with Crippen LogP contribution in [0, 0.1) is 0 Å². The topological polar surface area (TPSA) is 72.5 Å². The molecule has 1 rings (SSSR count). The van der Waals surface area contributed by atoms with Crippen LogP contribution in [0.4, 0.5) is 13.2 Å². The monoisotopic (exact) mass is 324 g/mol. The number of guanidine groups is 1. The maximum Gasteiger partial charge on any atom is 0.434 e. The first kappa shape index (κ1) is 17.7. The fourth-order valence-corrected chi connectivity index (χ4v) is 2.22. The average Bonchev–Trinajstić information content (AvgIpc) is 2.87. The predicted octanol–water partition coefficient (Wildman–Crippen LogP) is 2.04. The van der Waals surface area contributed by atoms with Crippen LogP contribution in [0.3, 0.4) is 0 Å². The van der Waals surface area contributed by atoms with Crippen LogP contribution >= 0.6 is 11.3 Å². The van der Waals surface area contributed by atoms with Gasteiger partial charge < -0.3 is 15.8 Å². The van der Waals surface area contributed by atoms with Crippen molar-refractivity contribution in [1.82, 2.24) is 10.3 Å². The molecular formula is C12H19F3N4OS. The molecule has 9 heteroatoms. The number of thiazole rings is 1. The van der Waals surface area contributed by atoms with E-state index in [1.807, 2.05) is 6.92 Å². The van der Waals surface area contributed by atoms with Crippen LogP contribution in [0.15, 0.2) is 10.4 Å². The molecule has 21 heavy (non-hydrogen) atoms. The number of nitrogens with one attached hydrogen (secondary N) is 1. The average molecular weight is 324 g/mol. The molecular weight excluding hydrogens is 305 g/mol. The summed E-state index contributed by atoms with van der Waals surface area (Å²) in [7, 11) is 0. The van der Waals surface area contributed by atoms with E-state index in [0.717, 1.165) is 23.1 Å². The van der Waals surface area contributed by atoms with Crippen molar-refractivity contribution in [3.05, 3.63) is 16.1 Å². The van der Waals surface area contributed by atoms with Crippen molar-refractivity contribution in [2.45, 2.75) is 25.9 Å². The van der Waals surface area contributed by atoms with Gasteiger partial charge in [-0.25, -0.2) is 4.98 Å². The normalized spacial score (nSPS) is 12.7. The zero-order valence-corrected chi connectivity index (χ0v) is 12.6. The molecule has 1 aromatic heterocycles. The Morgan fingerprint density at radius 3 is 2.90 bits per heavy atom. The molecule has 0 saturated heterocycles. The van der Waals surface area contributed by atoms with E-state index in [4.69, 9.17) is 10.5 Å². The Hall–Kier alpha value is -1.35. The third kappa shape index (κ3) is 7.28. The molecule has 120 valence electrons. The summed E-state index contributed by atoms with van der Waals surface area (Å²) < 4.78 is 42.2. The lowest BCUT2D eigenvalue weighted by Gasteiger charge is -2.04. The van der Waals surface area contributed by atoms with Gasteiger partial charge in [-0.1, -0.05) is 0 Å². The number of alkyl halides is 3. The molecule has 0 radical (unpaired) electrons. The summed E-state index contributed by atoms with van der Waals surface area (Å²) in [5.41, 5.74) is 4.78. The third-order valence-electron chi connectivity index (χ3n) is 2.42. The summed E-state index contributed by atoms with van der Waals surface area (Å²) in [5.74, 6) is 0.277. The molecule has 0 unspecified atom stereocenters. The van der Waals surface area contributed by atoms with Crippen LogP contribution in [-0.2, 0) is 17.3 Å². The van der Waals surface area contributed by atoms with E-state index in [9.17, 15) is 13.2 Å². The first-order valence-corrected chi connectivity index (χ1v) is 7.44. The number of hydrogen-bond donors (Lipinski definition) is 2. The van der Waals surface area contributed by atoms with E-state index >= 15 is 0 Å². The van der Waals surface area contributed by atoms with Gasteiger partial charge in [0.1, 0.15) is 0 Å². The molecule has 0 spiro atoms. The highest BCUT2D eigenvalue weighted by Gasteiger charge is 2.33. The fourth-order valence-electron chi connectivity index (χ4n) is 1.42. The van der Waals surface area contributed by atoms with Gasteiger partial charge in [0, 0.05) is 38.1 Å². The number of aliphatic imine (C=N–C) groups is 1. The molecule has 3 N–H and O–H groups in total. The molecule has 0 aliphatic heterocycles. The van der Waals surface area contributed by atoms with Gasteiger partial charge in [0.15, 0.2) is 11.7 Å². The predicted molar refractivity (Wildman–Crippen MR) is 76.4 cm³/mol. The molecule has 5 nitrogen and oxygen atoms in total. The molecule has 0 aliphatic carbocycles. The molecule has 0 aromatic carbocycles. The Bertz CT molecular complexity index is 448. The molecule has 0 aliphatic rings. The fraction of sp³-hybridized carbons (Fsp3) is 0.667. The second-order valence-electron chi connectivity index (χ2n) is 4.12. The highest BCUT2D eigenvalue weighted by Crippen LogP contribution is 2.29. The van der Waals surface area contributed by atoms with E-state index in [2.05, 4.69) is 15.3 Å². The number of rotatable bonds is 8. The molecule has 0 amide bonds. The third-order valence-corrected chi connectivity index (χ3v) is 3.33. The van der Waals surface area contributed by atoms with E-state index in [0.29, 0.717) is 37.7 Å². The van der Waals surface area contributed by atoms with E-state index in [1.165, 1.54) is 0 Å². The van der Waals surface area contributed by atoms with Crippen molar-refractivity contribution in [2.24, 2.45) is 10.7 Å². The van der Waals surface area contributed by atoms with Crippen molar-refractivity contribution >= 4 is 17.3 Å². The summed E-state index contributed by atoms with van der Waals surface area (Å²) in [6, 6.07) is 0. The maximum atomic E-state index is 12.4. The second-order valence-corrected chi connectivity index (χ2v) is 5.06. The molecule has 0 atom stereocenters. The maximum absolute atomic E-state index is 12.4. The Balaban J connectivity index is 2.23. The lowest BCUT2D eigenvalue weighted by Crippen LogP contribution is -2.33. The Kier molecular flexibility index (Phi) is 7.44. The van der Waals surface area contributed by atoms with Crippen LogP contribution < -0.4 is 11.1 Å². The van der Waals surface area contributed by atoms with Gasteiger partial charge in [0.05, 0.1) is 5.01 Å². The van der Waals surface area contributed by atoms with Crippen LogP contribution in [0.2, 0.25) is 0 Å². The van der Waals surface area contributed by atoms with Crippen molar-refractivity contribution in [3.63, 3.8) is 0 Å². The van der Waals surface area contributed by atoms with Gasteiger partial charge in [0.25, 0.3) is 0 Å². The Morgan fingerprint density at radius 1 is 1.52 bits per heavy atom. The van der Waals surface area contributed by atoms with Crippen LogP contribution in [0.1, 0.15) is 24.0 Å². The van der Waals surface area contributed by atoms with Crippen LogP contribution in [0.25, 0.3) is 0 Å². The van der Waals surface area contributed by atoms with Gasteiger partial charge in [-0.2, -0.15) is 13.2 Å². The van der Waals surface area contributed by atoms with Gasteiger partial charge in [-0.05, 0) is 13.3 Å². The molecule has 1 heterocycles. The van der Waals surface area contributed by atoms with Gasteiger partial charge in [-0.3, -0.25) is 4.99 Å². The molecule has 0 bridgehead atoms. The lowest BCUT2D eigenvalue weighted by atomic mass is 10.4. The number of aromatic nitrogens is 1. The number of ether oxygens (including phenoxy) is 1. The van der Waals surface area contributed by atoms with Crippen molar-refractivity contribution in [3.8, 4) is 0 Å². The van der Waals surface area contributed by atoms with Crippen molar-refractivity contribution in [1.29, 1.82) is 0 Å². The first-order chi connectivity index (χ1) is 9.93. The lowest BCUT2D eigenvalue weighted by molar-refractivity contribution is -0.140. The number of hydrogen-bond acceptors (Lipinski definition) is 4. The highest BCUT2D eigenvalue weighted by molar-refractivity contribution is 7.09. The Labute approximate surface area is 125 Å².